The van der Waals surface area contributed by atoms with Crippen molar-refractivity contribution >= 4 is 12.4 Å². The van der Waals surface area contributed by atoms with Gasteiger partial charge >= 0.3 is 0 Å². The Labute approximate surface area is 189 Å². The number of nitrogens with one attached hydrogen (secondary N) is 1. The minimum atomic E-state index is 0.223. The summed E-state index contributed by atoms with van der Waals surface area (Å²) in [5.41, 5.74) is 4.45. The Hall–Kier alpha value is -2.23. The number of likely N-dealkylation sites (tertiary alicyclic amines) is 1. The summed E-state index contributed by atoms with van der Waals surface area (Å²) in [4.78, 5) is 11.9. The second kappa shape index (κ2) is 12.6. The Kier molecular flexibility index (Phi) is 10.2. The van der Waals surface area contributed by atoms with Crippen LogP contribution in [0.2, 0.25) is 12.6 Å². The highest BCUT2D eigenvalue weighted by Crippen LogP contribution is 2.36. The van der Waals surface area contributed by atoms with Crippen LogP contribution >= 0.6 is 0 Å². The highest BCUT2D eigenvalue weighted by atomic mass is 15.2. The van der Waals surface area contributed by atoms with E-state index < -0.39 is 0 Å². The molecule has 0 spiro atoms. The van der Waals surface area contributed by atoms with E-state index in [1.54, 1.807) is 6.20 Å². The molecule has 2 fully saturated rings. The predicted molar refractivity (Wildman–Crippen MR) is 133 cm³/mol. The maximum absolute atomic E-state index is 9.00. The maximum atomic E-state index is 9.00. The molecule has 1 aromatic heterocycles. The molecule has 1 aromatic rings. The van der Waals surface area contributed by atoms with Crippen LogP contribution in [-0.4, -0.2) is 47.5 Å². The van der Waals surface area contributed by atoms with Crippen molar-refractivity contribution in [1.82, 2.24) is 15.2 Å². The average Bonchev–Trinajstić information content (AvgIpc) is 2.75. The molecule has 5 nitrogen and oxygen atoms in total. The zero-order valence-electron chi connectivity index (χ0n) is 19.8. The van der Waals surface area contributed by atoms with Crippen LogP contribution in [0.15, 0.2) is 48.3 Å². The zero-order valence-corrected chi connectivity index (χ0v) is 19.8. The lowest BCUT2D eigenvalue weighted by Crippen LogP contribution is -2.52. The first-order valence-electron chi connectivity index (χ1n) is 11.7. The van der Waals surface area contributed by atoms with Crippen molar-refractivity contribution in [3.63, 3.8) is 0 Å². The molecule has 2 aliphatic rings. The monoisotopic (exact) mass is 419 g/mol. The SMILES string of the molecule is C=CN=C(C(=C)C)C1CCCC(c2ncccc2C)N1CCNC1CB(C#N)C1.CC. The van der Waals surface area contributed by atoms with E-state index >= 15 is 0 Å². The van der Waals surface area contributed by atoms with Gasteiger partial charge in [-0.05, 0) is 69.0 Å². The Balaban J connectivity index is 0.00000166. The van der Waals surface area contributed by atoms with Crippen LogP contribution in [-0.2, 0) is 0 Å². The smallest absolute Gasteiger partial charge is 0.270 e. The van der Waals surface area contributed by atoms with E-state index in [4.69, 9.17) is 10.2 Å². The fraction of sp³-hybridized carbons (Fsp3) is 0.560. The molecule has 0 aromatic carbocycles. The first-order valence-corrected chi connectivity index (χ1v) is 11.7. The molecule has 6 heteroatoms. The van der Waals surface area contributed by atoms with Gasteiger partial charge in [0.2, 0.25) is 0 Å². The molecule has 0 saturated carbocycles. The molecule has 0 amide bonds. The van der Waals surface area contributed by atoms with Gasteiger partial charge in [-0.15, -0.1) is 0 Å². The molecule has 2 saturated heterocycles. The highest BCUT2D eigenvalue weighted by molar-refractivity contribution is 6.70. The van der Waals surface area contributed by atoms with Crippen molar-refractivity contribution in [3.05, 3.63) is 54.5 Å². The average molecular weight is 419 g/mol. The molecule has 2 unspecified atom stereocenters. The molecular formula is C25H38BN5. The van der Waals surface area contributed by atoms with Crippen molar-refractivity contribution in [2.45, 2.75) is 77.7 Å². The fourth-order valence-electron chi connectivity index (χ4n) is 4.67. The van der Waals surface area contributed by atoms with Crippen LogP contribution in [0.25, 0.3) is 0 Å². The number of aliphatic imine (C=N–C) groups is 1. The lowest BCUT2D eigenvalue weighted by Gasteiger charge is -2.43. The molecule has 0 aliphatic carbocycles. The molecule has 0 bridgehead atoms. The van der Waals surface area contributed by atoms with Crippen LogP contribution in [0.1, 0.15) is 57.3 Å². The lowest BCUT2D eigenvalue weighted by atomic mass is 9.34. The first kappa shape index (κ1) is 25.0. The quantitative estimate of drug-likeness (QED) is 0.476. The summed E-state index contributed by atoms with van der Waals surface area (Å²) in [5, 5.41) is 12.6. The van der Waals surface area contributed by atoms with Crippen LogP contribution in [0, 0.1) is 18.2 Å². The number of piperidine rings is 1. The van der Waals surface area contributed by atoms with Gasteiger partial charge < -0.3 is 5.32 Å². The van der Waals surface area contributed by atoms with E-state index in [0.717, 1.165) is 56.3 Å². The molecule has 166 valence electrons. The Morgan fingerprint density at radius 3 is 2.77 bits per heavy atom. The van der Waals surface area contributed by atoms with Crippen molar-refractivity contribution < 1.29 is 0 Å². The summed E-state index contributed by atoms with van der Waals surface area (Å²) in [6, 6.07) is 5.13. The normalized spacial score (nSPS) is 22.0. The number of hydrogen-bond acceptors (Lipinski definition) is 5. The molecule has 2 atom stereocenters. The third-order valence-corrected chi connectivity index (χ3v) is 6.23. The third kappa shape index (κ3) is 6.38. The number of pyridine rings is 1. The topological polar surface area (TPSA) is 64.3 Å². The van der Waals surface area contributed by atoms with E-state index in [-0.39, 0.29) is 18.8 Å². The van der Waals surface area contributed by atoms with Gasteiger partial charge in [-0.2, -0.15) is 0 Å². The van der Waals surface area contributed by atoms with Gasteiger partial charge in [0.15, 0.2) is 0 Å². The number of rotatable bonds is 8. The molecule has 1 N–H and O–H groups in total. The molecule has 3 heterocycles. The van der Waals surface area contributed by atoms with Crippen LogP contribution in [0.3, 0.4) is 0 Å². The van der Waals surface area contributed by atoms with Crippen molar-refractivity contribution in [2.75, 3.05) is 13.1 Å². The van der Waals surface area contributed by atoms with Crippen LogP contribution < -0.4 is 5.32 Å². The number of aromatic nitrogens is 1. The Bertz CT molecular complexity index is 806. The molecule has 3 rings (SSSR count). The summed E-state index contributed by atoms with van der Waals surface area (Å²) in [6.45, 7) is 18.2. The maximum Gasteiger partial charge on any atom is 0.270 e. The third-order valence-electron chi connectivity index (χ3n) is 6.23. The second-order valence-corrected chi connectivity index (χ2v) is 8.33. The van der Waals surface area contributed by atoms with Gasteiger partial charge in [-0.25, -0.2) is 5.26 Å². The van der Waals surface area contributed by atoms with E-state index in [1.165, 1.54) is 11.3 Å². The van der Waals surface area contributed by atoms with Crippen LogP contribution in [0.5, 0.6) is 0 Å². The standard InChI is InChI=1S/C23H32BN5.C2H6/c1-5-26-22(17(2)3)20-9-6-10-21(23-18(4)8-7-11-28-23)29(20)13-12-27-19-14-24(15-19)16-25;1-2/h5,7-8,11,19-21,27H,1-2,6,9-10,12-15H2,3-4H3;1-2H3. The van der Waals surface area contributed by atoms with Gasteiger partial charge in [0.25, 0.3) is 6.71 Å². The van der Waals surface area contributed by atoms with Gasteiger partial charge in [0, 0.05) is 31.5 Å². The highest BCUT2D eigenvalue weighted by Gasteiger charge is 2.36. The number of aryl methyl sites for hydroxylation is 1. The molecular weight excluding hydrogens is 381 g/mol. The van der Waals surface area contributed by atoms with Gasteiger partial charge in [-0.3, -0.25) is 14.9 Å². The minimum Gasteiger partial charge on any atom is -0.314 e. The summed E-state index contributed by atoms with van der Waals surface area (Å²) in [6.07, 6.45) is 8.79. The molecule has 31 heavy (non-hydrogen) atoms. The van der Waals surface area contributed by atoms with Crippen molar-refractivity contribution in [1.29, 1.82) is 5.26 Å². The van der Waals surface area contributed by atoms with Gasteiger partial charge in [0.05, 0.1) is 23.5 Å². The second-order valence-electron chi connectivity index (χ2n) is 8.33. The summed E-state index contributed by atoms with van der Waals surface area (Å²) >= 11 is 0. The lowest BCUT2D eigenvalue weighted by molar-refractivity contribution is 0.115. The van der Waals surface area contributed by atoms with E-state index in [1.807, 2.05) is 33.0 Å². The van der Waals surface area contributed by atoms with Crippen LogP contribution in [0.4, 0.5) is 0 Å². The number of nitriles is 1. The fourth-order valence-corrected chi connectivity index (χ4v) is 4.67. The first-order chi connectivity index (χ1) is 15.0. The number of hydrogen-bond donors (Lipinski definition) is 1. The van der Waals surface area contributed by atoms with E-state index in [0.29, 0.717) is 6.04 Å². The Morgan fingerprint density at radius 2 is 2.16 bits per heavy atom. The predicted octanol–water partition coefficient (Wildman–Crippen LogP) is 5.00. The van der Waals surface area contributed by atoms with Crippen molar-refractivity contribution in [3.8, 4) is 5.97 Å². The Morgan fingerprint density at radius 1 is 1.42 bits per heavy atom. The number of nitrogens with zero attached hydrogens (tertiary/aromatic N) is 4. The zero-order chi connectivity index (χ0) is 22.8. The summed E-state index contributed by atoms with van der Waals surface area (Å²) in [5.74, 6) is 2.36. The summed E-state index contributed by atoms with van der Waals surface area (Å²) in [7, 11) is 0. The summed E-state index contributed by atoms with van der Waals surface area (Å²) < 4.78 is 0. The largest absolute Gasteiger partial charge is 0.314 e. The minimum absolute atomic E-state index is 0.223. The molecule has 2 aliphatic heterocycles. The van der Waals surface area contributed by atoms with E-state index in [2.05, 4.69) is 47.3 Å². The van der Waals surface area contributed by atoms with Crippen molar-refractivity contribution in [2.24, 2.45) is 4.99 Å². The van der Waals surface area contributed by atoms with E-state index in [9.17, 15) is 0 Å². The van der Waals surface area contributed by atoms with Gasteiger partial charge in [0.1, 0.15) is 0 Å². The van der Waals surface area contributed by atoms with Gasteiger partial charge in [-0.1, -0.05) is 33.1 Å². The molecule has 0 radical (unpaired) electrons.